The van der Waals surface area contributed by atoms with Crippen LogP contribution in [0.1, 0.15) is 29.6 Å². The zero-order valence-electron chi connectivity index (χ0n) is 9.77. The average Bonchev–Trinajstić information content (AvgIpc) is 3.15. The van der Waals surface area contributed by atoms with E-state index in [4.69, 9.17) is 10.4 Å². The predicted molar refractivity (Wildman–Crippen MR) is 64.0 cm³/mol. The third-order valence-electron chi connectivity index (χ3n) is 2.95. The monoisotopic (exact) mass is 248 g/mol. The van der Waals surface area contributed by atoms with Gasteiger partial charge in [0.05, 0.1) is 23.7 Å². The van der Waals surface area contributed by atoms with Crippen LogP contribution in [0.4, 0.5) is 10.1 Å². The van der Waals surface area contributed by atoms with Crippen LogP contribution < -0.4 is 4.90 Å². The molecule has 0 bridgehead atoms. The van der Waals surface area contributed by atoms with Gasteiger partial charge in [0.2, 0.25) is 0 Å². The molecule has 0 aliphatic heterocycles. The molecular weight excluding hydrogens is 235 g/mol. The molecule has 0 amide bonds. The highest BCUT2D eigenvalue weighted by atomic mass is 19.1. The van der Waals surface area contributed by atoms with Crippen LogP contribution in [-0.2, 0) is 0 Å². The molecule has 18 heavy (non-hydrogen) atoms. The highest BCUT2D eigenvalue weighted by molar-refractivity contribution is 5.94. The van der Waals surface area contributed by atoms with Gasteiger partial charge in [0.15, 0.2) is 0 Å². The van der Waals surface area contributed by atoms with Crippen LogP contribution in [0.3, 0.4) is 0 Å². The van der Waals surface area contributed by atoms with Crippen molar-refractivity contribution in [2.24, 2.45) is 0 Å². The largest absolute Gasteiger partial charge is 0.478 e. The SMILES string of the molecule is N#CCCN(c1ccc(F)cc1C(=O)O)C1CC1. The molecule has 0 radical (unpaired) electrons. The van der Waals surface area contributed by atoms with Crippen molar-refractivity contribution in [3.8, 4) is 6.07 Å². The molecule has 1 aliphatic carbocycles. The minimum atomic E-state index is -1.15. The van der Waals surface area contributed by atoms with Crippen molar-refractivity contribution in [3.05, 3.63) is 29.6 Å². The van der Waals surface area contributed by atoms with E-state index in [1.807, 2.05) is 11.0 Å². The zero-order valence-corrected chi connectivity index (χ0v) is 9.77. The van der Waals surface area contributed by atoms with Gasteiger partial charge < -0.3 is 10.0 Å². The first-order valence-corrected chi connectivity index (χ1v) is 5.80. The van der Waals surface area contributed by atoms with Gasteiger partial charge in [-0.15, -0.1) is 0 Å². The number of nitriles is 1. The van der Waals surface area contributed by atoms with Crippen LogP contribution in [-0.4, -0.2) is 23.7 Å². The van der Waals surface area contributed by atoms with E-state index in [1.165, 1.54) is 12.1 Å². The first-order chi connectivity index (χ1) is 8.63. The lowest BCUT2D eigenvalue weighted by atomic mass is 10.1. The number of rotatable bonds is 5. The quantitative estimate of drug-likeness (QED) is 0.869. The minimum Gasteiger partial charge on any atom is -0.478 e. The smallest absolute Gasteiger partial charge is 0.337 e. The van der Waals surface area contributed by atoms with E-state index in [9.17, 15) is 9.18 Å². The molecule has 0 unspecified atom stereocenters. The van der Waals surface area contributed by atoms with Crippen molar-refractivity contribution in [1.29, 1.82) is 5.26 Å². The Hall–Kier alpha value is -2.09. The maximum Gasteiger partial charge on any atom is 0.337 e. The molecule has 1 aromatic rings. The fourth-order valence-corrected chi connectivity index (χ4v) is 1.99. The van der Waals surface area contributed by atoms with Gasteiger partial charge in [-0.25, -0.2) is 9.18 Å². The molecule has 1 N–H and O–H groups in total. The Balaban J connectivity index is 2.34. The number of carboxylic acids is 1. The highest BCUT2D eigenvalue weighted by Gasteiger charge is 2.31. The molecule has 2 rings (SSSR count). The number of aromatic carboxylic acids is 1. The molecule has 0 heterocycles. The number of halogens is 1. The van der Waals surface area contributed by atoms with Crippen molar-refractivity contribution in [1.82, 2.24) is 0 Å². The van der Waals surface area contributed by atoms with Gasteiger partial charge in [0.1, 0.15) is 5.82 Å². The number of carbonyl (C=O) groups is 1. The lowest BCUT2D eigenvalue weighted by molar-refractivity contribution is 0.0697. The molecule has 1 aromatic carbocycles. The summed E-state index contributed by atoms with van der Waals surface area (Å²) in [6.07, 6.45) is 2.30. The van der Waals surface area contributed by atoms with Crippen LogP contribution in [0.2, 0.25) is 0 Å². The third-order valence-corrected chi connectivity index (χ3v) is 2.95. The highest BCUT2D eigenvalue weighted by Crippen LogP contribution is 2.34. The summed E-state index contributed by atoms with van der Waals surface area (Å²) in [4.78, 5) is 13.0. The van der Waals surface area contributed by atoms with E-state index in [1.54, 1.807) is 0 Å². The van der Waals surface area contributed by atoms with Gasteiger partial charge in [0.25, 0.3) is 0 Å². The van der Waals surface area contributed by atoms with Gasteiger partial charge in [0, 0.05) is 12.6 Å². The van der Waals surface area contributed by atoms with E-state index >= 15 is 0 Å². The fourth-order valence-electron chi connectivity index (χ4n) is 1.99. The van der Waals surface area contributed by atoms with E-state index in [2.05, 4.69) is 0 Å². The molecule has 0 aromatic heterocycles. The number of anilines is 1. The van der Waals surface area contributed by atoms with E-state index in [-0.39, 0.29) is 11.6 Å². The second-order valence-electron chi connectivity index (χ2n) is 4.30. The number of benzene rings is 1. The van der Waals surface area contributed by atoms with Crippen molar-refractivity contribution in [3.63, 3.8) is 0 Å². The standard InChI is InChI=1S/C13H13FN2O2/c14-9-2-5-12(11(8-9)13(17)18)16(7-1-6-15)10-3-4-10/h2,5,8,10H,1,3-4,7H2,(H,17,18). The van der Waals surface area contributed by atoms with Crippen LogP contribution in [0.25, 0.3) is 0 Å². The number of carboxylic acid groups (broad SMARTS) is 1. The van der Waals surface area contributed by atoms with Crippen molar-refractivity contribution in [2.45, 2.75) is 25.3 Å². The summed E-state index contributed by atoms with van der Waals surface area (Å²) in [6.45, 7) is 0.479. The van der Waals surface area contributed by atoms with Gasteiger partial charge in [-0.2, -0.15) is 5.26 Å². The predicted octanol–water partition coefficient (Wildman–Crippen LogP) is 2.41. The van der Waals surface area contributed by atoms with Crippen molar-refractivity contribution in [2.75, 3.05) is 11.4 Å². The van der Waals surface area contributed by atoms with E-state index in [0.29, 0.717) is 18.7 Å². The maximum absolute atomic E-state index is 13.1. The molecule has 0 atom stereocenters. The van der Waals surface area contributed by atoms with Gasteiger partial charge in [-0.1, -0.05) is 0 Å². The number of hydrogen-bond donors (Lipinski definition) is 1. The molecule has 5 heteroatoms. The summed E-state index contributed by atoms with van der Waals surface area (Å²) in [7, 11) is 0. The Labute approximate surface area is 104 Å². The molecular formula is C13H13FN2O2. The summed E-state index contributed by atoms with van der Waals surface area (Å²) < 4.78 is 13.1. The molecule has 4 nitrogen and oxygen atoms in total. The van der Waals surface area contributed by atoms with Crippen molar-refractivity contribution < 1.29 is 14.3 Å². The Morgan fingerprint density at radius 3 is 2.83 bits per heavy atom. The van der Waals surface area contributed by atoms with E-state index in [0.717, 1.165) is 18.9 Å². The molecule has 1 saturated carbocycles. The van der Waals surface area contributed by atoms with E-state index < -0.39 is 11.8 Å². The maximum atomic E-state index is 13.1. The topological polar surface area (TPSA) is 64.3 Å². The average molecular weight is 248 g/mol. The summed E-state index contributed by atoms with van der Waals surface area (Å²) in [5, 5.41) is 17.7. The Morgan fingerprint density at radius 1 is 1.56 bits per heavy atom. The first-order valence-electron chi connectivity index (χ1n) is 5.80. The second-order valence-corrected chi connectivity index (χ2v) is 4.30. The third kappa shape index (κ3) is 2.59. The molecule has 1 fully saturated rings. The van der Waals surface area contributed by atoms with Gasteiger partial charge in [-0.05, 0) is 31.0 Å². The van der Waals surface area contributed by atoms with Crippen LogP contribution in [0, 0.1) is 17.1 Å². The second kappa shape index (κ2) is 5.05. The molecule has 94 valence electrons. The van der Waals surface area contributed by atoms with Crippen LogP contribution in [0.15, 0.2) is 18.2 Å². The summed E-state index contributed by atoms with van der Waals surface area (Å²) in [5.74, 6) is -1.71. The van der Waals surface area contributed by atoms with Gasteiger partial charge >= 0.3 is 5.97 Å². The normalized spacial score (nSPS) is 14.0. The first kappa shape index (κ1) is 12.4. The molecule has 0 saturated heterocycles. The minimum absolute atomic E-state index is 0.0418. The number of nitrogens with zero attached hydrogens (tertiary/aromatic N) is 2. The van der Waals surface area contributed by atoms with Crippen LogP contribution >= 0.6 is 0 Å². The number of hydrogen-bond acceptors (Lipinski definition) is 3. The fraction of sp³-hybridized carbons (Fsp3) is 0.385. The molecule has 1 aliphatic rings. The molecule has 0 spiro atoms. The Bertz CT molecular complexity index is 506. The van der Waals surface area contributed by atoms with Gasteiger partial charge in [-0.3, -0.25) is 0 Å². The lowest BCUT2D eigenvalue weighted by Gasteiger charge is -2.25. The summed E-state index contributed by atoms with van der Waals surface area (Å²) >= 11 is 0. The van der Waals surface area contributed by atoms with Crippen molar-refractivity contribution >= 4 is 11.7 Å². The Morgan fingerprint density at radius 2 is 2.28 bits per heavy atom. The van der Waals surface area contributed by atoms with Crippen LogP contribution in [0.5, 0.6) is 0 Å². The lowest BCUT2D eigenvalue weighted by Crippen LogP contribution is -2.28. The summed E-state index contributed by atoms with van der Waals surface area (Å²) in [6, 6.07) is 6.09. The Kier molecular flexibility index (Phi) is 3.47. The summed E-state index contributed by atoms with van der Waals surface area (Å²) in [5.41, 5.74) is 0.460. The zero-order chi connectivity index (χ0) is 13.1.